The molecule has 24 heavy (non-hydrogen) atoms. The van der Waals surface area contributed by atoms with Gasteiger partial charge in [0.15, 0.2) is 0 Å². The van der Waals surface area contributed by atoms with Gasteiger partial charge in [0.2, 0.25) is 11.8 Å². The number of carbonyl (C=O) groups is 2. The molecule has 6 nitrogen and oxygen atoms in total. The number of nitrogens with zero attached hydrogens (tertiary/aromatic N) is 2. The Balaban J connectivity index is 1.39. The summed E-state index contributed by atoms with van der Waals surface area (Å²) in [5, 5.41) is 3.01. The van der Waals surface area contributed by atoms with Crippen LogP contribution in [0.1, 0.15) is 39.0 Å². The largest absolute Gasteiger partial charge is 0.379 e. The van der Waals surface area contributed by atoms with E-state index in [4.69, 9.17) is 4.74 Å². The average Bonchev–Trinajstić information content (AvgIpc) is 3.43. The fraction of sp³-hybridized carbons (Fsp3) is 0.889. The molecule has 0 aromatic rings. The molecule has 0 aromatic heterocycles. The van der Waals surface area contributed by atoms with Crippen molar-refractivity contribution in [3.05, 3.63) is 0 Å². The van der Waals surface area contributed by atoms with Crippen LogP contribution < -0.4 is 5.32 Å². The van der Waals surface area contributed by atoms with Gasteiger partial charge < -0.3 is 15.0 Å². The molecule has 1 N–H and O–H groups in total. The van der Waals surface area contributed by atoms with Gasteiger partial charge in [0.25, 0.3) is 0 Å². The van der Waals surface area contributed by atoms with Gasteiger partial charge in [-0.15, -0.1) is 0 Å². The molecule has 136 valence electrons. The molecule has 0 bridgehead atoms. The molecule has 2 aliphatic heterocycles. The number of likely N-dealkylation sites (tertiary alicyclic amines) is 1. The number of carbonyl (C=O) groups excluding carboxylic acids is 2. The molecule has 6 heteroatoms. The van der Waals surface area contributed by atoms with Gasteiger partial charge in [0.1, 0.15) is 0 Å². The van der Waals surface area contributed by atoms with Gasteiger partial charge in [-0.25, -0.2) is 0 Å². The molecular formula is C18H31N3O3. The Kier molecular flexibility index (Phi) is 6.11. The highest BCUT2D eigenvalue weighted by Crippen LogP contribution is 2.41. The molecule has 1 aliphatic carbocycles. The van der Waals surface area contributed by atoms with Crippen LogP contribution in [0.3, 0.4) is 0 Å². The molecule has 0 spiro atoms. The minimum absolute atomic E-state index is 0.0617. The molecule has 2 saturated heterocycles. The predicted octanol–water partition coefficient (Wildman–Crippen LogP) is 0.862. The number of hydrogen-bond acceptors (Lipinski definition) is 4. The first kappa shape index (κ1) is 17.7. The van der Waals surface area contributed by atoms with E-state index in [9.17, 15) is 9.59 Å². The van der Waals surface area contributed by atoms with Crippen LogP contribution >= 0.6 is 0 Å². The van der Waals surface area contributed by atoms with Crippen LogP contribution in [0.2, 0.25) is 0 Å². The maximum atomic E-state index is 12.7. The summed E-state index contributed by atoms with van der Waals surface area (Å²) in [6.07, 6.45) is 5.19. The number of amides is 2. The van der Waals surface area contributed by atoms with Gasteiger partial charge in [-0.1, -0.05) is 6.92 Å². The van der Waals surface area contributed by atoms with Gasteiger partial charge in [-0.3, -0.25) is 14.5 Å². The molecule has 1 saturated carbocycles. The second kappa shape index (κ2) is 8.30. The van der Waals surface area contributed by atoms with Crippen molar-refractivity contribution in [3.8, 4) is 0 Å². The van der Waals surface area contributed by atoms with E-state index in [1.54, 1.807) is 0 Å². The van der Waals surface area contributed by atoms with E-state index in [0.29, 0.717) is 12.6 Å². The van der Waals surface area contributed by atoms with Crippen LogP contribution in [0.4, 0.5) is 0 Å². The average molecular weight is 337 g/mol. The lowest BCUT2D eigenvalue weighted by Crippen LogP contribution is -2.45. The first-order chi connectivity index (χ1) is 11.7. The van der Waals surface area contributed by atoms with Crippen LogP contribution in [0.5, 0.6) is 0 Å². The van der Waals surface area contributed by atoms with Crippen molar-refractivity contribution < 1.29 is 14.3 Å². The molecule has 0 radical (unpaired) electrons. The second-order valence-corrected chi connectivity index (χ2v) is 7.28. The Labute approximate surface area is 144 Å². The van der Waals surface area contributed by atoms with E-state index >= 15 is 0 Å². The lowest BCUT2D eigenvalue weighted by molar-refractivity contribution is -0.138. The topological polar surface area (TPSA) is 61.9 Å². The van der Waals surface area contributed by atoms with Crippen molar-refractivity contribution in [3.63, 3.8) is 0 Å². The monoisotopic (exact) mass is 337 g/mol. The fourth-order valence-corrected chi connectivity index (χ4v) is 3.98. The van der Waals surface area contributed by atoms with Crippen molar-refractivity contribution in [2.75, 3.05) is 45.9 Å². The van der Waals surface area contributed by atoms with Gasteiger partial charge in [-0.2, -0.15) is 0 Å². The maximum Gasteiger partial charge on any atom is 0.226 e. The highest BCUT2D eigenvalue weighted by molar-refractivity contribution is 5.92. The van der Waals surface area contributed by atoms with Crippen LogP contribution in [0, 0.1) is 11.8 Å². The maximum absolute atomic E-state index is 12.7. The van der Waals surface area contributed by atoms with E-state index in [0.717, 1.165) is 65.1 Å². The molecular weight excluding hydrogens is 306 g/mol. The van der Waals surface area contributed by atoms with Gasteiger partial charge in [0, 0.05) is 38.8 Å². The molecule has 3 aliphatic rings. The third-order valence-corrected chi connectivity index (χ3v) is 5.66. The van der Waals surface area contributed by atoms with E-state index in [2.05, 4.69) is 22.0 Å². The Morgan fingerprint density at radius 3 is 2.67 bits per heavy atom. The predicted molar refractivity (Wildman–Crippen MR) is 91.5 cm³/mol. The van der Waals surface area contributed by atoms with Crippen LogP contribution in [0.25, 0.3) is 0 Å². The normalized spacial score (nSPS) is 30.9. The van der Waals surface area contributed by atoms with Crippen molar-refractivity contribution >= 4 is 11.8 Å². The quantitative estimate of drug-likeness (QED) is 0.781. The molecule has 2 amide bonds. The summed E-state index contributed by atoms with van der Waals surface area (Å²) in [6, 6.07) is 0.386. The van der Waals surface area contributed by atoms with Crippen LogP contribution in [-0.4, -0.2) is 73.6 Å². The van der Waals surface area contributed by atoms with Gasteiger partial charge in [-0.05, 0) is 32.1 Å². The van der Waals surface area contributed by atoms with Crippen LogP contribution in [0.15, 0.2) is 0 Å². The highest BCUT2D eigenvalue weighted by atomic mass is 16.5. The zero-order chi connectivity index (χ0) is 16.9. The smallest absolute Gasteiger partial charge is 0.226 e. The minimum atomic E-state index is -0.0957. The zero-order valence-electron chi connectivity index (χ0n) is 14.8. The molecule has 2 heterocycles. The van der Waals surface area contributed by atoms with E-state index in [-0.39, 0.29) is 23.7 Å². The number of morpholine rings is 1. The van der Waals surface area contributed by atoms with Gasteiger partial charge >= 0.3 is 0 Å². The summed E-state index contributed by atoms with van der Waals surface area (Å²) in [5.41, 5.74) is 0. The molecule has 3 rings (SSSR count). The third-order valence-electron chi connectivity index (χ3n) is 5.66. The lowest BCUT2D eigenvalue weighted by Gasteiger charge is -2.35. The molecule has 3 atom stereocenters. The van der Waals surface area contributed by atoms with Crippen molar-refractivity contribution in [2.24, 2.45) is 11.8 Å². The first-order valence-electron chi connectivity index (χ1n) is 9.59. The summed E-state index contributed by atoms with van der Waals surface area (Å²) in [7, 11) is 0. The zero-order valence-corrected chi connectivity index (χ0v) is 14.8. The number of ether oxygens (including phenoxy) is 1. The van der Waals surface area contributed by atoms with E-state index < -0.39 is 0 Å². The first-order valence-corrected chi connectivity index (χ1v) is 9.59. The number of nitrogens with one attached hydrogen (secondary N) is 1. The summed E-state index contributed by atoms with van der Waals surface area (Å²) in [5.74, 6) is 0.115. The summed E-state index contributed by atoms with van der Waals surface area (Å²) < 4.78 is 5.32. The molecule has 0 aromatic carbocycles. The Morgan fingerprint density at radius 2 is 1.92 bits per heavy atom. The summed E-state index contributed by atoms with van der Waals surface area (Å²) >= 11 is 0. The van der Waals surface area contributed by atoms with Gasteiger partial charge in [0.05, 0.1) is 25.0 Å². The van der Waals surface area contributed by atoms with Crippen molar-refractivity contribution in [1.29, 1.82) is 0 Å². The summed E-state index contributed by atoms with van der Waals surface area (Å²) in [4.78, 5) is 29.3. The van der Waals surface area contributed by atoms with Crippen molar-refractivity contribution in [1.82, 2.24) is 15.1 Å². The Hall–Kier alpha value is -1.14. The van der Waals surface area contributed by atoms with E-state index in [1.165, 1.54) is 6.42 Å². The van der Waals surface area contributed by atoms with Crippen LogP contribution in [-0.2, 0) is 14.3 Å². The minimum Gasteiger partial charge on any atom is -0.379 e. The second-order valence-electron chi connectivity index (χ2n) is 7.28. The SMILES string of the molecule is CCC1CCCCN1C(=O)C1CC1C(=O)NCCN1CCOCC1. The molecule has 3 unspecified atom stereocenters. The summed E-state index contributed by atoms with van der Waals surface area (Å²) in [6.45, 7) is 7.99. The lowest BCUT2D eigenvalue weighted by atomic mass is 9.99. The fourth-order valence-electron chi connectivity index (χ4n) is 3.98. The number of piperidine rings is 1. The standard InChI is InChI=1S/C18H31N3O3/c1-2-14-5-3-4-7-21(14)18(23)16-13-15(16)17(22)19-6-8-20-9-11-24-12-10-20/h14-16H,2-13H2,1H3,(H,19,22). The number of rotatable bonds is 6. The van der Waals surface area contributed by atoms with E-state index in [1.807, 2.05) is 0 Å². The Bertz CT molecular complexity index is 451. The molecule has 3 fully saturated rings. The van der Waals surface area contributed by atoms with Crippen molar-refractivity contribution in [2.45, 2.75) is 45.1 Å². The highest BCUT2D eigenvalue weighted by Gasteiger charge is 2.50. The number of hydrogen-bond donors (Lipinski definition) is 1. The third kappa shape index (κ3) is 4.28. The Morgan fingerprint density at radius 1 is 1.12 bits per heavy atom.